The number of aliphatic hydroxyl groups is 1. The number of amides is 2. The van der Waals surface area contributed by atoms with Gasteiger partial charge in [0.05, 0.1) is 0 Å². The zero-order chi connectivity index (χ0) is 15.9. The lowest BCUT2D eigenvalue weighted by Crippen LogP contribution is -2.45. The molecule has 1 aliphatic heterocycles. The van der Waals surface area contributed by atoms with Crippen LogP contribution in [0.4, 0.5) is 0 Å². The smallest absolute Gasteiger partial charge is 0.244 e. The predicted octanol–water partition coefficient (Wildman–Crippen LogP) is 1.05. The van der Waals surface area contributed by atoms with Crippen molar-refractivity contribution < 1.29 is 14.7 Å². The molecule has 5 heteroatoms. The molecule has 0 aromatic heterocycles. The molecule has 1 saturated heterocycles. The summed E-state index contributed by atoms with van der Waals surface area (Å²) in [5.74, 6) is -0.232. The van der Waals surface area contributed by atoms with Crippen molar-refractivity contribution in [1.29, 1.82) is 0 Å². The molecule has 1 heterocycles. The van der Waals surface area contributed by atoms with Crippen molar-refractivity contribution in [3.63, 3.8) is 0 Å². The predicted molar refractivity (Wildman–Crippen MR) is 84.9 cm³/mol. The van der Waals surface area contributed by atoms with Crippen LogP contribution in [0.15, 0.2) is 36.4 Å². The highest BCUT2D eigenvalue weighted by molar-refractivity contribution is 5.95. The Kier molecular flexibility index (Phi) is 5.72. The van der Waals surface area contributed by atoms with Crippen LogP contribution in [0.1, 0.15) is 18.9 Å². The van der Waals surface area contributed by atoms with Gasteiger partial charge in [0.2, 0.25) is 11.8 Å². The fourth-order valence-electron chi connectivity index (χ4n) is 2.52. The zero-order valence-electron chi connectivity index (χ0n) is 12.7. The first-order valence-corrected chi connectivity index (χ1v) is 7.53. The Morgan fingerprint density at radius 3 is 2.77 bits per heavy atom. The molecule has 2 unspecified atom stereocenters. The monoisotopic (exact) mass is 302 g/mol. The van der Waals surface area contributed by atoms with Gasteiger partial charge in [-0.25, -0.2) is 0 Å². The van der Waals surface area contributed by atoms with Crippen molar-refractivity contribution in [2.24, 2.45) is 5.92 Å². The summed E-state index contributed by atoms with van der Waals surface area (Å²) in [6.07, 6.45) is 3.96. The molecule has 1 aliphatic rings. The van der Waals surface area contributed by atoms with Crippen LogP contribution >= 0.6 is 0 Å². The summed E-state index contributed by atoms with van der Waals surface area (Å²) in [6, 6.07) is 8.94. The van der Waals surface area contributed by atoms with Crippen molar-refractivity contribution >= 4 is 17.9 Å². The number of rotatable bonds is 5. The number of carbonyl (C=O) groups is 2. The number of hydrogen-bond donors (Lipinski definition) is 2. The maximum atomic E-state index is 12.2. The van der Waals surface area contributed by atoms with Crippen molar-refractivity contribution in [1.82, 2.24) is 10.2 Å². The Bertz CT molecular complexity index is 542. The van der Waals surface area contributed by atoms with Crippen LogP contribution < -0.4 is 5.32 Å². The number of nitrogens with one attached hydrogen (secondary N) is 1. The Morgan fingerprint density at radius 2 is 2.14 bits per heavy atom. The second-order valence-electron chi connectivity index (χ2n) is 5.60. The molecule has 0 radical (unpaired) electrons. The van der Waals surface area contributed by atoms with Crippen LogP contribution in [-0.4, -0.2) is 47.6 Å². The number of benzene rings is 1. The van der Waals surface area contributed by atoms with E-state index in [-0.39, 0.29) is 24.3 Å². The van der Waals surface area contributed by atoms with Gasteiger partial charge in [-0.3, -0.25) is 9.59 Å². The maximum absolute atomic E-state index is 12.2. The van der Waals surface area contributed by atoms with Crippen LogP contribution in [0, 0.1) is 5.92 Å². The first kappa shape index (κ1) is 16.2. The van der Waals surface area contributed by atoms with Gasteiger partial charge in [0.1, 0.15) is 6.04 Å². The molecule has 22 heavy (non-hydrogen) atoms. The SMILES string of the molecule is CC(NC(=O)/C=C/c1ccccc1)C(=O)N1CCC(CO)C1. The molecule has 0 bridgehead atoms. The summed E-state index contributed by atoms with van der Waals surface area (Å²) in [7, 11) is 0. The molecule has 118 valence electrons. The minimum absolute atomic E-state index is 0.0996. The Labute approximate surface area is 130 Å². The molecule has 2 rings (SSSR count). The molecule has 2 atom stereocenters. The highest BCUT2D eigenvalue weighted by Gasteiger charge is 2.28. The number of carbonyl (C=O) groups excluding carboxylic acids is 2. The molecule has 5 nitrogen and oxygen atoms in total. The normalized spacial score (nSPS) is 19.4. The van der Waals surface area contributed by atoms with Gasteiger partial charge < -0.3 is 15.3 Å². The highest BCUT2D eigenvalue weighted by atomic mass is 16.3. The molecule has 0 spiro atoms. The van der Waals surface area contributed by atoms with Crippen LogP contribution in [0.3, 0.4) is 0 Å². The molecular weight excluding hydrogens is 280 g/mol. The van der Waals surface area contributed by atoms with E-state index in [1.807, 2.05) is 30.3 Å². The van der Waals surface area contributed by atoms with Gasteiger partial charge in [0, 0.05) is 31.7 Å². The lowest BCUT2D eigenvalue weighted by Gasteiger charge is -2.21. The quantitative estimate of drug-likeness (QED) is 0.799. The third kappa shape index (κ3) is 4.43. The van der Waals surface area contributed by atoms with Crippen LogP contribution in [0.25, 0.3) is 6.08 Å². The second kappa shape index (κ2) is 7.75. The third-order valence-electron chi connectivity index (χ3n) is 3.81. The van der Waals surface area contributed by atoms with E-state index in [0.29, 0.717) is 13.1 Å². The molecule has 1 aromatic rings. The minimum Gasteiger partial charge on any atom is -0.396 e. The van der Waals surface area contributed by atoms with Crippen LogP contribution in [0.5, 0.6) is 0 Å². The van der Waals surface area contributed by atoms with E-state index in [1.165, 1.54) is 6.08 Å². The molecular formula is C17H22N2O3. The van der Waals surface area contributed by atoms with Gasteiger partial charge in [0.25, 0.3) is 0 Å². The molecule has 0 aliphatic carbocycles. The van der Waals surface area contributed by atoms with Gasteiger partial charge in [-0.15, -0.1) is 0 Å². The molecule has 1 aromatic carbocycles. The van der Waals surface area contributed by atoms with E-state index in [4.69, 9.17) is 5.11 Å². The summed E-state index contributed by atoms with van der Waals surface area (Å²) >= 11 is 0. The van der Waals surface area contributed by atoms with E-state index in [1.54, 1.807) is 17.9 Å². The number of likely N-dealkylation sites (tertiary alicyclic amines) is 1. The fraction of sp³-hybridized carbons (Fsp3) is 0.412. The Balaban J connectivity index is 1.83. The molecule has 2 N–H and O–H groups in total. The summed E-state index contributed by atoms with van der Waals surface area (Å²) in [5, 5.41) is 11.8. The average Bonchev–Trinajstić information content (AvgIpc) is 3.02. The van der Waals surface area contributed by atoms with Crippen LogP contribution in [0.2, 0.25) is 0 Å². The van der Waals surface area contributed by atoms with Gasteiger partial charge in [-0.2, -0.15) is 0 Å². The van der Waals surface area contributed by atoms with E-state index < -0.39 is 6.04 Å². The first-order chi connectivity index (χ1) is 10.6. The number of aliphatic hydroxyl groups excluding tert-OH is 1. The molecule has 1 fully saturated rings. The van der Waals surface area contributed by atoms with Crippen molar-refractivity contribution in [2.75, 3.05) is 19.7 Å². The Morgan fingerprint density at radius 1 is 1.41 bits per heavy atom. The van der Waals surface area contributed by atoms with E-state index in [0.717, 1.165) is 12.0 Å². The number of nitrogens with zero attached hydrogens (tertiary/aromatic N) is 1. The largest absolute Gasteiger partial charge is 0.396 e. The van der Waals surface area contributed by atoms with Crippen LogP contribution in [-0.2, 0) is 9.59 Å². The van der Waals surface area contributed by atoms with Gasteiger partial charge in [-0.05, 0) is 25.0 Å². The standard InChI is InChI=1S/C17H22N2O3/c1-13(17(22)19-10-9-15(11-19)12-20)18-16(21)8-7-14-5-3-2-4-6-14/h2-8,13,15,20H,9-12H2,1H3,(H,18,21)/b8-7+. The highest BCUT2D eigenvalue weighted by Crippen LogP contribution is 2.16. The van der Waals surface area contributed by atoms with E-state index in [9.17, 15) is 9.59 Å². The third-order valence-corrected chi connectivity index (χ3v) is 3.81. The maximum Gasteiger partial charge on any atom is 0.244 e. The molecule has 2 amide bonds. The average molecular weight is 302 g/mol. The summed E-state index contributed by atoms with van der Waals surface area (Å²) in [5.41, 5.74) is 0.932. The number of hydrogen-bond acceptors (Lipinski definition) is 3. The minimum atomic E-state index is -0.564. The molecule has 0 saturated carbocycles. The summed E-state index contributed by atoms with van der Waals surface area (Å²) in [4.78, 5) is 25.8. The first-order valence-electron chi connectivity index (χ1n) is 7.53. The van der Waals surface area contributed by atoms with Crippen molar-refractivity contribution in [2.45, 2.75) is 19.4 Å². The fourth-order valence-corrected chi connectivity index (χ4v) is 2.52. The van der Waals surface area contributed by atoms with Crippen molar-refractivity contribution in [3.05, 3.63) is 42.0 Å². The summed E-state index contributed by atoms with van der Waals surface area (Å²) < 4.78 is 0. The van der Waals surface area contributed by atoms with Gasteiger partial charge >= 0.3 is 0 Å². The van der Waals surface area contributed by atoms with Crippen molar-refractivity contribution in [3.8, 4) is 0 Å². The lowest BCUT2D eigenvalue weighted by molar-refractivity contribution is -0.134. The van der Waals surface area contributed by atoms with Gasteiger partial charge in [0.15, 0.2) is 0 Å². The topological polar surface area (TPSA) is 69.6 Å². The second-order valence-corrected chi connectivity index (χ2v) is 5.60. The Hall–Kier alpha value is -2.14. The van der Waals surface area contributed by atoms with E-state index in [2.05, 4.69) is 5.32 Å². The lowest BCUT2D eigenvalue weighted by atomic mass is 10.1. The summed E-state index contributed by atoms with van der Waals surface area (Å²) in [6.45, 7) is 2.99. The van der Waals surface area contributed by atoms with Gasteiger partial charge in [-0.1, -0.05) is 30.3 Å². The zero-order valence-corrected chi connectivity index (χ0v) is 12.7. The van der Waals surface area contributed by atoms with E-state index >= 15 is 0 Å².